The molecule has 29 heavy (non-hydrogen) atoms. The van der Waals surface area contributed by atoms with Gasteiger partial charge in [0.25, 0.3) is 0 Å². The molecule has 0 aliphatic carbocycles. The summed E-state index contributed by atoms with van der Waals surface area (Å²) in [5.74, 6) is -2.04. The van der Waals surface area contributed by atoms with Gasteiger partial charge in [0.1, 0.15) is 12.1 Å². The zero-order valence-electron chi connectivity index (χ0n) is 17.1. The molecular formula is C20H31N5O4. The van der Waals surface area contributed by atoms with Crippen molar-refractivity contribution in [2.45, 2.75) is 51.7 Å². The van der Waals surface area contributed by atoms with Gasteiger partial charge in [0.05, 0.1) is 12.6 Å². The van der Waals surface area contributed by atoms with Crippen LogP contribution in [-0.2, 0) is 25.6 Å². The van der Waals surface area contributed by atoms with Gasteiger partial charge in [-0.2, -0.15) is 0 Å². The van der Waals surface area contributed by atoms with Crippen molar-refractivity contribution in [2.24, 2.45) is 17.4 Å². The number of carbonyl (C=O) groups is 4. The van der Waals surface area contributed by atoms with E-state index in [1.165, 1.54) is 6.92 Å². The van der Waals surface area contributed by atoms with Crippen LogP contribution < -0.4 is 27.4 Å². The third-order valence-electron chi connectivity index (χ3n) is 4.14. The second-order valence-corrected chi connectivity index (χ2v) is 7.41. The minimum absolute atomic E-state index is 0.142. The monoisotopic (exact) mass is 405 g/mol. The zero-order chi connectivity index (χ0) is 22.0. The van der Waals surface area contributed by atoms with Crippen molar-refractivity contribution < 1.29 is 19.2 Å². The Bertz CT molecular complexity index is 706. The van der Waals surface area contributed by atoms with Gasteiger partial charge in [0, 0.05) is 6.42 Å². The van der Waals surface area contributed by atoms with Gasteiger partial charge in [-0.15, -0.1) is 0 Å². The summed E-state index contributed by atoms with van der Waals surface area (Å²) in [6.45, 7) is 5.00. The lowest BCUT2D eigenvalue weighted by Crippen LogP contribution is -2.55. The largest absolute Gasteiger partial charge is 0.368 e. The summed E-state index contributed by atoms with van der Waals surface area (Å²) < 4.78 is 0. The van der Waals surface area contributed by atoms with Crippen molar-refractivity contribution in [3.8, 4) is 0 Å². The molecule has 3 atom stereocenters. The topological polar surface area (TPSA) is 156 Å². The maximum Gasteiger partial charge on any atom is 0.243 e. The van der Waals surface area contributed by atoms with E-state index >= 15 is 0 Å². The van der Waals surface area contributed by atoms with Gasteiger partial charge in [0.15, 0.2) is 0 Å². The first-order valence-electron chi connectivity index (χ1n) is 9.56. The quantitative estimate of drug-likeness (QED) is 0.326. The van der Waals surface area contributed by atoms with Crippen LogP contribution in [0.5, 0.6) is 0 Å². The van der Waals surface area contributed by atoms with Gasteiger partial charge in [-0.05, 0) is 24.8 Å². The Kier molecular flexibility index (Phi) is 9.81. The summed E-state index contributed by atoms with van der Waals surface area (Å²) in [6.07, 6.45) is 0.602. The molecule has 1 aromatic carbocycles. The third kappa shape index (κ3) is 9.20. The summed E-state index contributed by atoms with van der Waals surface area (Å²) in [5, 5.41) is 7.61. The molecule has 0 unspecified atom stereocenters. The molecule has 0 saturated heterocycles. The first kappa shape index (κ1) is 24.1. The fourth-order valence-corrected chi connectivity index (χ4v) is 2.62. The molecule has 9 heteroatoms. The fraction of sp³-hybridized carbons (Fsp3) is 0.500. The molecule has 0 fully saturated rings. The average Bonchev–Trinajstić information content (AvgIpc) is 2.65. The highest BCUT2D eigenvalue weighted by Crippen LogP contribution is 2.07. The van der Waals surface area contributed by atoms with Crippen LogP contribution in [0.15, 0.2) is 30.3 Å². The lowest BCUT2D eigenvalue weighted by atomic mass is 10.0. The summed E-state index contributed by atoms with van der Waals surface area (Å²) in [6, 6.07) is 6.60. The van der Waals surface area contributed by atoms with Crippen LogP contribution in [0.3, 0.4) is 0 Å². The maximum atomic E-state index is 12.8. The summed E-state index contributed by atoms with van der Waals surface area (Å²) in [4.78, 5) is 48.2. The predicted molar refractivity (Wildman–Crippen MR) is 109 cm³/mol. The Balaban J connectivity index is 2.86. The van der Waals surface area contributed by atoms with E-state index in [4.69, 9.17) is 11.5 Å². The molecule has 1 rings (SSSR count). The van der Waals surface area contributed by atoms with Gasteiger partial charge in [-0.25, -0.2) is 0 Å². The third-order valence-corrected chi connectivity index (χ3v) is 4.14. The number of hydrogen-bond donors (Lipinski definition) is 5. The van der Waals surface area contributed by atoms with E-state index in [-0.39, 0.29) is 18.9 Å². The molecule has 9 nitrogen and oxygen atoms in total. The van der Waals surface area contributed by atoms with Gasteiger partial charge >= 0.3 is 0 Å². The van der Waals surface area contributed by atoms with E-state index in [9.17, 15) is 19.2 Å². The molecule has 0 heterocycles. The second-order valence-electron chi connectivity index (χ2n) is 7.41. The molecule has 0 aliphatic rings. The molecule has 0 spiro atoms. The molecule has 0 aromatic heterocycles. The minimum Gasteiger partial charge on any atom is -0.368 e. The van der Waals surface area contributed by atoms with Crippen molar-refractivity contribution >= 4 is 23.6 Å². The van der Waals surface area contributed by atoms with E-state index < -0.39 is 41.8 Å². The Morgan fingerprint density at radius 2 is 1.55 bits per heavy atom. The zero-order valence-corrected chi connectivity index (χ0v) is 17.1. The molecule has 160 valence electrons. The van der Waals surface area contributed by atoms with Crippen molar-refractivity contribution in [3.05, 3.63) is 35.9 Å². The molecule has 0 saturated carbocycles. The lowest BCUT2D eigenvalue weighted by Gasteiger charge is -2.23. The van der Waals surface area contributed by atoms with Crippen LogP contribution >= 0.6 is 0 Å². The fourth-order valence-electron chi connectivity index (χ4n) is 2.62. The Morgan fingerprint density at radius 1 is 0.931 bits per heavy atom. The highest BCUT2D eigenvalue weighted by Gasteiger charge is 2.26. The second kappa shape index (κ2) is 11.8. The first-order chi connectivity index (χ1) is 13.6. The highest BCUT2D eigenvalue weighted by atomic mass is 16.2. The predicted octanol–water partition coefficient (Wildman–Crippen LogP) is -0.806. The van der Waals surface area contributed by atoms with Crippen LogP contribution in [0.1, 0.15) is 32.8 Å². The van der Waals surface area contributed by atoms with Crippen LogP contribution in [-0.4, -0.2) is 48.3 Å². The Morgan fingerprint density at radius 3 is 2.07 bits per heavy atom. The normalized spacial score (nSPS) is 13.8. The minimum atomic E-state index is -0.939. The highest BCUT2D eigenvalue weighted by molar-refractivity contribution is 5.93. The van der Waals surface area contributed by atoms with Crippen molar-refractivity contribution in [1.29, 1.82) is 0 Å². The Labute approximate surface area is 171 Å². The van der Waals surface area contributed by atoms with Crippen LogP contribution in [0.25, 0.3) is 0 Å². The molecule has 0 bridgehead atoms. The van der Waals surface area contributed by atoms with Gasteiger partial charge in [-0.3, -0.25) is 19.2 Å². The van der Waals surface area contributed by atoms with Crippen molar-refractivity contribution in [3.63, 3.8) is 0 Å². The molecule has 4 amide bonds. The molecular weight excluding hydrogens is 374 g/mol. The standard InChI is InChI=1S/C20H31N5O4/c1-12(2)9-15(18(22)27)25-20(29)16(10-14-7-5-4-6-8-14)24-17(26)11-23-19(28)13(3)21/h4-8,12-13,15-16H,9-11,21H2,1-3H3,(H2,22,27)(H,23,28)(H,24,26)(H,25,29)/t13-,15+,16+/m1/s1. The van der Waals surface area contributed by atoms with Crippen LogP contribution in [0.2, 0.25) is 0 Å². The van der Waals surface area contributed by atoms with E-state index in [0.29, 0.717) is 6.42 Å². The molecule has 1 aromatic rings. The van der Waals surface area contributed by atoms with E-state index in [0.717, 1.165) is 5.56 Å². The van der Waals surface area contributed by atoms with Gasteiger partial charge in [-0.1, -0.05) is 44.2 Å². The number of nitrogens with two attached hydrogens (primary N) is 2. The maximum absolute atomic E-state index is 12.8. The number of benzene rings is 1. The van der Waals surface area contributed by atoms with Crippen LogP contribution in [0.4, 0.5) is 0 Å². The van der Waals surface area contributed by atoms with Crippen molar-refractivity contribution in [1.82, 2.24) is 16.0 Å². The van der Waals surface area contributed by atoms with Gasteiger partial charge < -0.3 is 27.4 Å². The number of rotatable bonds is 11. The average molecular weight is 405 g/mol. The van der Waals surface area contributed by atoms with E-state index in [1.54, 1.807) is 0 Å². The number of hydrogen-bond acceptors (Lipinski definition) is 5. The van der Waals surface area contributed by atoms with E-state index in [1.807, 2.05) is 44.2 Å². The van der Waals surface area contributed by atoms with Gasteiger partial charge in [0.2, 0.25) is 23.6 Å². The number of nitrogens with one attached hydrogen (secondary N) is 3. The van der Waals surface area contributed by atoms with Crippen LogP contribution in [0, 0.1) is 5.92 Å². The summed E-state index contributed by atoms with van der Waals surface area (Å²) in [7, 11) is 0. The number of primary amides is 1. The van der Waals surface area contributed by atoms with Crippen molar-refractivity contribution in [2.75, 3.05) is 6.54 Å². The molecule has 0 radical (unpaired) electrons. The molecule has 7 N–H and O–H groups in total. The van der Waals surface area contributed by atoms with E-state index in [2.05, 4.69) is 16.0 Å². The Hall–Kier alpha value is -2.94. The first-order valence-corrected chi connectivity index (χ1v) is 9.56. The summed E-state index contributed by atoms with van der Waals surface area (Å²) in [5.41, 5.74) is 11.7. The number of carbonyl (C=O) groups excluding carboxylic acids is 4. The smallest absolute Gasteiger partial charge is 0.243 e. The summed E-state index contributed by atoms with van der Waals surface area (Å²) >= 11 is 0. The lowest BCUT2D eigenvalue weighted by molar-refractivity contribution is -0.132. The SMILES string of the molecule is CC(C)C[C@H](NC(=O)[C@H](Cc1ccccc1)NC(=O)CNC(=O)[C@@H](C)N)C(N)=O. The molecule has 0 aliphatic heterocycles. The number of amides is 4.